The first-order valence-electron chi connectivity index (χ1n) is 5.10. The van der Waals surface area contributed by atoms with Crippen LogP contribution in [0.25, 0.3) is 0 Å². The summed E-state index contributed by atoms with van der Waals surface area (Å²) in [5.74, 6) is -0.293. The molecule has 104 valence electrons. The van der Waals surface area contributed by atoms with Gasteiger partial charge >= 0.3 is 0 Å². The molecule has 0 aliphatic heterocycles. The SMILES string of the molecule is Nc1ccc(S(=O)(=O)Nc2nccnn2)c([N+](=O)[O-])c1. The lowest BCUT2D eigenvalue weighted by molar-refractivity contribution is -0.387. The van der Waals surface area contributed by atoms with E-state index in [1.54, 1.807) is 0 Å². The number of rotatable bonds is 4. The molecule has 11 heteroatoms. The minimum Gasteiger partial charge on any atom is -0.399 e. The average molecular weight is 296 g/mol. The van der Waals surface area contributed by atoms with E-state index in [1.807, 2.05) is 4.72 Å². The monoisotopic (exact) mass is 296 g/mol. The van der Waals surface area contributed by atoms with Gasteiger partial charge in [0, 0.05) is 11.8 Å². The number of aromatic nitrogens is 3. The molecule has 0 unspecified atom stereocenters. The zero-order valence-corrected chi connectivity index (χ0v) is 10.6. The summed E-state index contributed by atoms with van der Waals surface area (Å²) < 4.78 is 26.1. The smallest absolute Gasteiger partial charge is 0.291 e. The Hall–Kier alpha value is -2.82. The van der Waals surface area contributed by atoms with Gasteiger partial charge in [0.25, 0.3) is 21.7 Å². The van der Waals surface area contributed by atoms with Crippen molar-refractivity contribution in [2.75, 3.05) is 10.5 Å². The molecule has 1 aromatic heterocycles. The van der Waals surface area contributed by atoms with Crippen LogP contribution in [0, 0.1) is 10.1 Å². The van der Waals surface area contributed by atoms with Crippen LogP contribution in [-0.2, 0) is 10.0 Å². The van der Waals surface area contributed by atoms with Gasteiger partial charge in [-0.05, 0) is 12.1 Å². The Bertz CT molecular complexity index is 748. The van der Waals surface area contributed by atoms with E-state index in [0.29, 0.717) is 0 Å². The highest BCUT2D eigenvalue weighted by atomic mass is 32.2. The van der Waals surface area contributed by atoms with Gasteiger partial charge in [0.2, 0.25) is 0 Å². The van der Waals surface area contributed by atoms with Gasteiger partial charge in [-0.25, -0.2) is 18.1 Å². The van der Waals surface area contributed by atoms with Crippen molar-refractivity contribution < 1.29 is 13.3 Å². The largest absolute Gasteiger partial charge is 0.399 e. The molecule has 10 nitrogen and oxygen atoms in total. The number of nitrogens with one attached hydrogen (secondary N) is 1. The third-order valence-corrected chi connectivity index (χ3v) is 3.55. The van der Waals surface area contributed by atoms with Crippen molar-refractivity contribution in [1.82, 2.24) is 15.2 Å². The third kappa shape index (κ3) is 2.77. The van der Waals surface area contributed by atoms with Gasteiger partial charge in [0.15, 0.2) is 4.90 Å². The number of nitrogen functional groups attached to an aromatic ring is 1. The van der Waals surface area contributed by atoms with Gasteiger partial charge in [0.1, 0.15) is 0 Å². The molecule has 0 spiro atoms. The van der Waals surface area contributed by atoms with Crippen LogP contribution in [0.2, 0.25) is 0 Å². The molecular formula is C9H8N6O4S. The van der Waals surface area contributed by atoms with E-state index in [1.165, 1.54) is 18.5 Å². The number of nitrogens with two attached hydrogens (primary N) is 1. The van der Waals surface area contributed by atoms with Crippen molar-refractivity contribution in [3.05, 3.63) is 40.7 Å². The molecule has 0 saturated carbocycles. The summed E-state index contributed by atoms with van der Waals surface area (Å²) in [6.45, 7) is 0. The lowest BCUT2D eigenvalue weighted by Crippen LogP contribution is -2.16. The van der Waals surface area contributed by atoms with Crippen LogP contribution in [0.15, 0.2) is 35.5 Å². The normalized spacial score (nSPS) is 11.0. The molecule has 0 amide bonds. The van der Waals surface area contributed by atoms with Crippen LogP contribution in [0.3, 0.4) is 0 Å². The molecule has 3 N–H and O–H groups in total. The van der Waals surface area contributed by atoms with Crippen LogP contribution in [0.1, 0.15) is 0 Å². The van der Waals surface area contributed by atoms with Crippen molar-refractivity contribution in [1.29, 1.82) is 0 Å². The maximum Gasteiger partial charge on any atom is 0.291 e. The second-order valence-corrected chi connectivity index (χ2v) is 5.21. The first-order valence-corrected chi connectivity index (χ1v) is 6.59. The number of benzene rings is 1. The molecule has 1 heterocycles. The molecule has 0 aliphatic rings. The topological polar surface area (TPSA) is 154 Å². The van der Waals surface area contributed by atoms with E-state index in [2.05, 4.69) is 15.2 Å². The number of hydrogen-bond acceptors (Lipinski definition) is 8. The van der Waals surface area contributed by atoms with Crippen LogP contribution < -0.4 is 10.5 Å². The number of nitro benzene ring substituents is 1. The van der Waals surface area contributed by atoms with E-state index >= 15 is 0 Å². The standard InChI is InChI=1S/C9H8N6O4S/c10-6-1-2-8(7(5-6)15(16)17)20(18,19)14-9-11-3-4-12-13-9/h1-5H,10H2,(H,11,13,14). The Kier molecular flexibility index (Phi) is 3.43. The van der Waals surface area contributed by atoms with Gasteiger partial charge in [-0.15, -0.1) is 5.10 Å². The summed E-state index contributed by atoms with van der Waals surface area (Å²) in [4.78, 5) is 13.1. The summed E-state index contributed by atoms with van der Waals surface area (Å²) in [5.41, 5.74) is 4.85. The second-order valence-electron chi connectivity index (χ2n) is 3.56. The maximum absolute atomic E-state index is 12.1. The number of sulfonamides is 1. The van der Waals surface area contributed by atoms with Crippen LogP contribution >= 0.6 is 0 Å². The van der Waals surface area contributed by atoms with E-state index in [9.17, 15) is 18.5 Å². The zero-order chi connectivity index (χ0) is 14.8. The summed E-state index contributed by atoms with van der Waals surface area (Å²) >= 11 is 0. The summed E-state index contributed by atoms with van der Waals surface area (Å²) in [6, 6.07) is 3.23. The first-order chi connectivity index (χ1) is 9.40. The van der Waals surface area contributed by atoms with Crippen LogP contribution in [-0.4, -0.2) is 28.5 Å². The fourth-order valence-corrected chi connectivity index (χ4v) is 2.47. The molecule has 0 saturated heterocycles. The van der Waals surface area contributed by atoms with Crippen LogP contribution in [0.5, 0.6) is 0 Å². The van der Waals surface area contributed by atoms with Crippen molar-refractivity contribution in [2.45, 2.75) is 4.90 Å². The number of hydrogen-bond donors (Lipinski definition) is 2. The van der Waals surface area contributed by atoms with Crippen LogP contribution in [0.4, 0.5) is 17.3 Å². The molecule has 0 fully saturated rings. The van der Waals surface area contributed by atoms with Gasteiger partial charge < -0.3 is 5.73 Å². The summed E-state index contributed by atoms with van der Waals surface area (Å²) in [5, 5.41) is 17.8. The summed E-state index contributed by atoms with van der Waals surface area (Å²) in [6.07, 6.45) is 2.48. The minimum absolute atomic E-state index is 0.0771. The highest BCUT2D eigenvalue weighted by Gasteiger charge is 2.26. The molecule has 0 radical (unpaired) electrons. The summed E-state index contributed by atoms with van der Waals surface area (Å²) in [7, 11) is -4.22. The Morgan fingerprint density at radius 3 is 2.65 bits per heavy atom. The molecule has 0 bridgehead atoms. The minimum atomic E-state index is -4.22. The predicted molar refractivity (Wildman–Crippen MR) is 68.1 cm³/mol. The predicted octanol–water partition coefficient (Wildman–Crippen LogP) is 0.163. The Morgan fingerprint density at radius 2 is 2.05 bits per heavy atom. The molecule has 0 atom stereocenters. The number of anilines is 2. The second kappa shape index (κ2) is 5.05. The number of nitrogens with zero attached hydrogens (tertiary/aromatic N) is 4. The maximum atomic E-state index is 12.1. The lowest BCUT2D eigenvalue weighted by Gasteiger charge is -2.06. The van der Waals surface area contributed by atoms with Crippen molar-refractivity contribution >= 4 is 27.3 Å². The Morgan fingerprint density at radius 1 is 1.30 bits per heavy atom. The van der Waals surface area contributed by atoms with Gasteiger partial charge in [0.05, 0.1) is 17.3 Å². The van der Waals surface area contributed by atoms with E-state index < -0.39 is 25.5 Å². The van der Waals surface area contributed by atoms with Crippen molar-refractivity contribution in [3.63, 3.8) is 0 Å². The third-order valence-electron chi connectivity index (χ3n) is 2.18. The Labute approximate surface area is 112 Å². The van der Waals surface area contributed by atoms with Crippen molar-refractivity contribution in [2.24, 2.45) is 0 Å². The zero-order valence-electron chi connectivity index (χ0n) is 9.79. The fourth-order valence-electron chi connectivity index (χ4n) is 1.37. The molecule has 20 heavy (non-hydrogen) atoms. The quantitative estimate of drug-likeness (QED) is 0.459. The molecular weight excluding hydrogens is 288 g/mol. The molecule has 2 rings (SSSR count). The van der Waals surface area contributed by atoms with Gasteiger partial charge in [-0.3, -0.25) is 10.1 Å². The molecule has 1 aromatic carbocycles. The van der Waals surface area contributed by atoms with E-state index in [-0.39, 0.29) is 11.6 Å². The highest BCUT2D eigenvalue weighted by molar-refractivity contribution is 7.92. The van der Waals surface area contributed by atoms with Gasteiger partial charge in [-0.2, -0.15) is 5.10 Å². The lowest BCUT2D eigenvalue weighted by atomic mass is 10.3. The highest BCUT2D eigenvalue weighted by Crippen LogP contribution is 2.26. The molecule has 0 aliphatic carbocycles. The average Bonchev–Trinajstić information content (AvgIpc) is 2.38. The Balaban J connectivity index is 2.47. The first kappa shape index (κ1) is 13.6. The van der Waals surface area contributed by atoms with E-state index in [4.69, 9.17) is 5.73 Å². The van der Waals surface area contributed by atoms with E-state index in [0.717, 1.165) is 12.1 Å². The van der Waals surface area contributed by atoms with Gasteiger partial charge in [-0.1, -0.05) is 0 Å². The number of nitro groups is 1. The van der Waals surface area contributed by atoms with Crippen molar-refractivity contribution in [3.8, 4) is 0 Å². The molecule has 2 aromatic rings. The fraction of sp³-hybridized carbons (Fsp3) is 0.